The van der Waals surface area contributed by atoms with Gasteiger partial charge in [-0.15, -0.1) is 24.0 Å². The van der Waals surface area contributed by atoms with E-state index in [1.165, 1.54) is 0 Å². The lowest BCUT2D eigenvalue weighted by Gasteiger charge is -2.31. The molecular formula is C17H24ClF3IN5O3. The molecule has 0 spiro atoms. The van der Waals surface area contributed by atoms with Crippen molar-refractivity contribution in [3.63, 3.8) is 0 Å². The Morgan fingerprint density at radius 2 is 2.10 bits per heavy atom. The number of guanidine groups is 1. The Morgan fingerprint density at radius 3 is 2.67 bits per heavy atom. The van der Waals surface area contributed by atoms with Crippen LogP contribution in [0.1, 0.15) is 25.3 Å². The van der Waals surface area contributed by atoms with Gasteiger partial charge in [-0.3, -0.25) is 0 Å². The van der Waals surface area contributed by atoms with Gasteiger partial charge in [-0.05, 0) is 25.8 Å². The highest BCUT2D eigenvalue weighted by atomic mass is 127. The number of amides is 1. The Kier molecular flexibility index (Phi) is 10.7. The Labute approximate surface area is 194 Å². The number of nitrogens with one attached hydrogen (secondary N) is 1. The predicted molar refractivity (Wildman–Crippen MR) is 116 cm³/mol. The molecule has 0 unspecified atom stereocenters. The van der Waals surface area contributed by atoms with Crippen LogP contribution >= 0.6 is 35.6 Å². The fourth-order valence-corrected chi connectivity index (χ4v) is 2.89. The van der Waals surface area contributed by atoms with E-state index in [9.17, 15) is 18.0 Å². The van der Waals surface area contributed by atoms with E-state index in [1.54, 1.807) is 11.8 Å². The number of aromatic nitrogens is 1. The van der Waals surface area contributed by atoms with Crippen molar-refractivity contribution in [2.75, 3.05) is 32.8 Å². The van der Waals surface area contributed by atoms with Gasteiger partial charge >= 0.3 is 12.3 Å². The van der Waals surface area contributed by atoms with Crippen LogP contribution in [0.25, 0.3) is 0 Å². The van der Waals surface area contributed by atoms with E-state index >= 15 is 0 Å². The molecular weight excluding hydrogens is 542 g/mol. The summed E-state index contributed by atoms with van der Waals surface area (Å²) < 4.78 is 48.0. The average Bonchev–Trinajstić information content (AvgIpc) is 2.66. The van der Waals surface area contributed by atoms with E-state index < -0.39 is 11.7 Å². The molecule has 2 heterocycles. The second-order valence-corrected chi connectivity index (χ2v) is 6.64. The zero-order valence-electron chi connectivity index (χ0n) is 16.2. The molecule has 3 N–H and O–H groups in total. The molecule has 1 amide bonds. The van der Waals surface area contributed by atoms with Crippen molar-refractivity contribution in [3.8, 4) is 5.88 Å². The molecule has 30 heavy (non-hydrogen) atoms. The number of likely N-dealkylation sites (tertiary alicyclic amines) is 1. The first kappa shape index (κ1) is 26.3. The van der Waals surface area contributed by atoms with E-state index in [0.29, 0.717) is 38.7 Å². The minimum absolute atomic E-state index is 0. The third kappa shape index (κ3) is 8.20. The maximum Gasteiger partial charge on any atom is 0.417 e. The number of halogens is 5. The summed E-state index contributed by atoms with van der Waals surface area (Å²) in [6, 6.07) is 0.836. The van der Waals surface area contributed by atoms with E-state index in [1.807, 2.05) is 0 Å². The van der Waals surface area contributed by atoms with Gasteiger partial charge in [0, 0.05) is 25.3 Å². The standard InChI is InChI=1S/C17H23ClF3N5O3.HI/c1-2-28-16(27)26-6-3-12(4-7-26)25-15(22)23-5-8-29-14-13(18)9-11(10-24-14)17(19,20)21;/h9-10,12H,2-8H2,1H3,(H3,22,23,25);1H. The predicted octanol–water partition coefficient (Wildman–Crippen LogP) is 3.28. The second kappa shape index (κ2) is 12.2. The second-order valence-electron chi connectivity index (χ2n) is 6.23. The molecule has 1 aromatic heterocycles. The number of piperidine rings is 1. The largest absolute Gasteiger partial charge is 0.475 e. The van der Waals surface area contributed by atoms with Crippen LogP contribution in [0.15, 0.2) is 17.3 Å². The Balaban J connectivity index is 0.00000450. The summed E-state index contributed by atoms with van der Waals surface area (Å²) >= 11 is 5.76. The molecule has 0 radical (unpaired) electrons. The normalized spacial score (nSPS) is 15.4. The molecule has 0 aliphatic carbocycles. The van der Waals surface area contributed by atoms with E-state index in [2.05, 4.69) is 15.3 Å². The highest BCUT2D eigenvalue weighted by Gasteiger charge is 2.31. The highest BCUT2D eigenvalue weighted by Crippen LogP contribution is 2.33. The first-order valence-electron chi connectivity index (χ1n) is 9.04. The van der Waals surface area contributed by atoms with Gasteiger partial charge in [0.2, 0.25) is 5.88 Å². The molecule has 8 nitrogen and oxygen atoms in total. The van der Waals surface area contributed by atoms with Crippen LogP contribution in [0.5, 0.6) is 5.88 Å². The van der Waals surface area contributed by atoms with Gasteiger partial charge in [-0.1, -0.05) is 11.6 Å². The molecule has 1 saturated heterocycles. The van der Waals surface area contributed by atoms with Gasteiger partial charge in [0.15, 0.2) is 5.96 Å². The van der Waals surface area contributed by atoms with Crippen molar-refractivity contribution in [3.05, 3.63) is 22.8 Å². The van der Waals surface area contributed by atoms with Crippen LogP contribution in [0.3, 0.4) is 0 Å². The third-order valence-corrected chi connectivity index (χ3v) is 4.39. The average molecular weight is 566 g/mol. The first-order chi connectivity index (χ1) is 13.7. The molecule has 1 aromatic rings. The van der Waals surface area contributed by atoms with Crippen LogP contribution in [0.4, 0.5) is 18.0 Å². The van der Waals surface area contributed by atoms with Crippen LogP contribution in [0, 0.1) is 0 Å². The fraction of sp³-hybridized carbons (Fsp3) is 0.588. The van der Waals surface area contributed by atoms with Gasteiger partial charge in [0.25, 0.3) is 0 Å². The maximum absolute atomic E-state index is 12.6. The zero-order chi connectivity index (χ0) is 21.4. The highest BCUT2D eigenvalue weighted by molar-refractivity contribution is 14.0. The molecule has 0 aromatic carbocycles. The number of carbonyl (C=O) groups is 1. The number of nitrogens with two attached hydrogens (primary N) is 1. The number of pyridine rings is 1. The van der Waals surface area contributed by atoms with Crippen LogP contribution in [-0.4, -0.2) is 60.8 Å². The summed E-state index contributed by atoms with van der Waals surface area (Å²) in [5.74, 6) is 0.113. The number of nitrogens with zero attached hydrogens (tertiary/aromatic N) is 3. The fourth-order valence-electron chi connectivity index (χ4n) is 2.67. The van der Waals surface area contributed by atoms with Crippen molar-refractivity contribution in [1.82, 2.24) is 15.2 Å². The monoisotopic (exact) mass is 565 g/mol. The van der Waals surface area contributed by atoms with Crippen LogP contribution in [-0.2, 0) is 10.9 Å². The zero-order valence-corrected chi connectivity index (χ0v) is 19.3. The van der Waals surface area contributed by atoms with Crippen molar-refractivity contribution >= 4 is 47.6 Å². The quantitative estimate of drug-likeness (QED) is 0.238. The molecule has 0 saturated carbocycles. The van der Waals surface area contributed by atoms with Gasteiger partial charge in [0.1, 0.15) is 11.6 Å². The Hall–Kier alpha value is -1.70. The Morgan fingerprint density at radius 1 is 1.43 bits per heavy atom. The van der Waals surface area contributed by atoms with E-state index in [4.69, 9.17) is 26.8 Å². The lowest BCUT2D eigenvalue weighted by molar-refractivity contribution is -0.137. The van der Waals surface area contributed by atoms with Crippen molar-refractivity contribution in [2.24, 2.45) is 10.7 Å². The van der Waals surface area contributed by atoms with Crippen LogP contribution in [0.2, 0.25) is 5.02 Å². The Bertz CT molecular complexity index is 731. The van der Waals surface area contributed by atoms with E-state index in [0.717, 1.165) is 6.07 Å². The molecule has 13 heteroatoms. The number of alkyl halides is 3. The SMILES string of the molecule is CCOC(=O)N1CCC(NC(N)=NCCOc2ncc(C(F)(F)F)cc2Cl)CC1.I. The van der Waals surface area contributed by atoms with Crippen molar-refractivity contribution in [2.45, 2.75) is 32.0 Å². The first-order valence-corrected chi connectivity index (χ1v) is 9.42. The maximum atomic E-state index is 12.6. The number of rotatable bonds is 6. The summed E-state index contributed by atoms with van der Waals surface area (Å²) in [5, 5.41) is 2.84. The van der Waals surface area contributed by atoms with Gasteiger partial charge in [-0.2, -0.15) is 13.2 Å². The molecule has 2 rings (SSSR count). The molecule has 170 valence electrons. The summed E-state index contributed by atoms with van der Waals surface area (Å²) in [6.45, 7) is 3.43. The minimum atomic E-state index is -4.52. The smallest absolute Gasteiger partial charge is 0.417 e. The van der Waals surface area contributed by atoms with Crippen molar-refractivity contribution < 1.29 is 27.4 Å². The topological polar surface area (TPSA) is 102 Å². The van der Waals surface area contributed by atoms with Crippen molar-refractivity contribution in [1.29, 1.82) is 0 Å². The third-order valence-electron chi connectivity index (χ3n) is 4.12. The minimum Gasteiger partial charge on any atom is -0.475 e. The van der Waals surface area contributed by atoms with Gasteiger partial charge < -0.3 is 25.4 Å². The number of hydrogen-bond donors (Lipinski definition) is 2. The number of ether oxygens (including phenoxy) is 2. The summed E-state index contributed by atoms with van der Waals surface area (Å²) in [4.78, 5) is 21.0. The number of hydrogen-bond acceptors (Lipinski definition) is 5. The van der Waals surface area contributed by atoms with Gasteiger partial charge in [0.05, 0.1) is 18.7 Å². The summed E-state index contributed by atoms with van der Waals surface area (Å²) in [6.07, 6.45) is -2.78. The number of carbonyl (C=O) groups excluding carboxylic acids is 1. The molecule has 1 aliphatic rings. The molecule has 1 fully saturated rings. The summed E-state index contributed by atoms with van der Waals surface area (Å²) in [5.41, 5.74) is 4.89. The van der Waals surface area contributed by atoms with Crippen LogP contribution < -0.4 is 15.8 Å². The summed E-state index contributed by atoms with van der Waals surface area (Å²) in [7, 11) is 0. The molecule has 1 aliphatic heterocycles. The lowest BCUT2D eigenvalue weighted by atomic mass is 10.1. The van der Waals surface area contributed by atoms with Gasteiger partial charge in [-0.25, -0.2) is 14.8 Å². The molecule has 0 bridgehead atoms. The lowest BCUT2D eigenvalue weighted by Crippen LogP contribution is -2.48. The number of aliphatic imine (C=N–C) groups is 1. The van der Waals surface area contributed by atoms with E-state index in [-0.39, 0.29) is 66.1 Å². The molecule has 0 atom stereocenters.